The number of nitrogens with zero attached hydrogens (tertiary/aromatic N) is 3. The molecule has 6 nitrogen and oxygen atoms in total. The molecule has 2 heterocycles. The van der Waals surface area contributed by atoms with Crippen LogP contribution in [0.5, 0.6) is 5.75 Å². The number of nitrogens with one attached hydrogen (secondary N) is 1. The molecule has 0 spiro atoms. The summed E-state index contributed by atoms with van der Waals surface area (Å²) in [6.07, 6.45) is 0. The molecule has 2 N–H and O–H groups in total. The summed E-state index contributed by atoms with van der Waals surface area (Å²) in [7, 11) is 0. The molecule has 136 valence electrons. The Bertz CT molecular complexity index is 1150. The number of aromatic nitrogens is 4. The summed E-state index contributed by atoms with van der Waals surface area (Å²) in [4.78, 5) is 14.8. The zero-order valence-corrected chi connectivity index (χ0v) is 15.5. The maximum atomic E-state index is 11.9. The Balaban J connectivity index is 1.65. The maximum absolute atomic E-state index is 11.9. The minimum absolute atomic E-state index is 0.106. The van der Waals surface area contributed by atoms with Gasteiger partial charge in [0.05, 0.1) is 0 Å². The lowest BCUT2D eigenvalue weighted by atomic mass is 10.1. The monoisotopic (exact) mass is 378 g/mol. The Morgan fingerprint density at radius 2 is 1.89 bits per heavy atom. The predicted molar refractivity (Wildman–Crippen MR) is 107 cm³/mol. The van der Waals surface area contributed by atoms with Crippen molar-refractivity contribution in [3.63, 3.8) is 0 Å². The number of pyridine rings is 1. The fraction of sp³-hybridized carbons (Fsp3) is 0.150. The number of phenols is 1. The van der Waals surface area contributed by atoms with Crippen LogP contribution in [-0.4, -0.2) is 24.9 Å². The summed E-state index contributed by atoms with van der Waals surface area (Å²) in [5.41, 5.74) is 2.60. The lowest BCUT2D eigenvalue weighted by Gasteiger charge is -2.09. The highest BCUT2D eigenvalue weighted by atomic mass is 32.2. The molecule has 2 aromatic heterocycles. The van der Waals surface area contributed by atoms with E-state index in [-0.39, 0.29) is 11.3 Å². The zero-order valence-electron chi connectivity index (χ0n) is 14.7. The van der Waals surface area contributed by atoms with E-state index in [1.165, 1.54) is 0 Å². The number of aromatic amines is 1. The van der Waals surface area contributed by atoms with E-state index in [0.29, 0.717) is 5.75 Å². The van der Waals surface area contributed by atoms with Crippen LogP contribution < -0.4 is 5.56 Å². The van der Waals surface area contributed by atoms with Crippen LogP contribution in [0.3, 0.4) is 0 Å². The molecule has 0 aliphatic carbocycles. The molecule has 4 aromatic rings. The minimum atomic E-state index is -0.106. The van der Waals surface area contributed by atoms with E-state index in [1.54, 1.807) is 30.0 Å². The summed E-state index contributed by atoms with van der Waals surface area (Å²) in [6.45, 7) is 2.77. The summed E-state index contributed by atoms with van der Waals surface area (Å²) in [5, 5.41) is 20.0. The molecule has 0 radical (unpaired) electrons. The molecule has 0 unspecified atom stereocenters. The van der Waals surface area contributed by atoms with Gasteiger partial charge in [-0.1, -0.05) is 30.0 Å². The number of hydrogen-bond donors (Lipinski definition) is 2. The molecule has 2 aromatic carbocycles. The average Bonchev–Trinajstić information content (AvgIpc) is 3.09. The van der Waals surface area contributed by atoms with Gasteiger partial charge < -0.3 is 14.7 Å². The van der Waals surface area contributed by atoms with Gasteiger partial charge in [0, 0.05) is 34.8 Å². The van der Waals surface area contributed by atoms with Gasteiger partial charge in [0.15, 0.2) is 11.0 Å². The van der Waals surface area contributed by atoms with Crippen molar-refractivity contribution in [1.29, 1.82) is 0 Å². The third-order valence-corrected chi connectivity index (χ3v) is 5.37. The van der Waals surface area contributed by atoms with Crippen molar-refractivity contribution in [2.45, 2.75) is 24.4 Å². The molecule has 0 aliphatic heterocycles. The Hall–Kier alpha value is -3.06. The molecule has 0 atom stereocenters. The summed E-state index contributed by atoms with van der Waals surface area (Å²) >= 11 is 1.55. The maximum Gasteiger partial charge on any atom is 0.248 e. The Morgan fingerprint density at radius 3 is 2.67 bits per heavy atom. The fourth-order valence-corrected chi connectivity index (χ4v) is 4.04. The van der Waals surface area contributed by atoms with Crippen molar-refractivity contribution in [2.24, 2.45) is 0 Å². The number of H-pyrrole nitrogens is 1. The van der Waals surface area contributed by atoms with Gasteiger partial charge >= 0.3 is 0 Å². The number of thioether (sulfide) groups is 1. The summed E-state index contributed by atoms with van der Waals surface area (Å²) in [5.74, 6) is 1.60. The van der Waals surface area contributed by atoms with Gasteiger partial charge in [-0.2, -0.15) is 0 Å². The second-order valence-corrected chi connectivity index (χ2v) is 7.03. The molecule has 0 amide bonds. The predicted octanol–water partition coefficient (Wildman–Crippen LogP) is 3.80. The van der Waals surface area contributed by atoms with Crippen molar-refractivity contribution in [1.82, 2.24) is 19.7 Å². The van der Waals surface area contributed by atoms with Gasteiger partial charge in [-0.3, -0.25) is 4.79 Å². The van der Waals surface area contributed by atoms with Crippen LogP contribution in [0.4, 0.5) is 0 Å². The third-order valence-electron chi connectivity index (χ3n) is 4.35. The van der Waals surface area contributed by atoms with Crippen molar-refractivity contribution < 1.29 is 5.11 Å². The second kappa shape index (κ2) is 7.28. The first-order chi connectivity index (χ1) is 13.2. The molecule has 0 saturated carbocycles. The lowest BCUT2D eigenvalue weighted by Crippen LogP contribution is -2.06. The Morgan fingerprint density at radius 1 is 1.11 bits per heavy atom. The fourth-order valence-electron chi connectivity index (χ4n) is 3.04. The van der Waals surface area contributed by atoms with E-state index in [0.717, 1.165) is 39.6 Å². The lowest BCUT2D eigenvalue weighted by molar-refractivity contribution is 0.475. The smallest absolute Gasteiger partial charge is 0.248 e. The van der Waals surface area contributed by atoms with E-state index < -0.39 is 0 Å². The molecular weight excluding hydrogens is 360 g/mol. The quantitative estimate of drug-likeness (QED) is 0.516. The number of hydrogen-bond acceptors (Lipinski definition) is 5. The van der Waals surface area contributed by atoms with Crippen LogP contribution in [0.15, 0.2) is 64.5 Å². The highest BCUT2D eigenvalue weighted by Crippen LogP contribution is 2.28. The topological polar surface area (TPSA) is 83.8 Å². The van der Waals surface area contributed by atoms with Crippen LogP contribution in [0.25, 0.3) is 22.3 Å². The number of phenolic OH excluding ortho intramolecular Hbond substituents is 1. The molecule has 7 heteroatoms. The first-order valence-electron chi connectivity index (χ1n) is 8.62. The Labute approximate surface area is 159 Å². The standard InChI is InChI=1S/C20H18N4O2S/c1-2-24-19(13-7-9-15(25)10-8-13)22-23-20(24)27-12-14-11-18(26)21-17-6-4-3-5-16(14)17/h3-11,25H,2,12H2,1H3,(H,21,26). The van der Waals surface area contributed by atoms with Gasteiger partial charge in [-0.15, -0.1) is 10.2 Å². The van der Waals surface area contributed by atoms with Gasteiger partial charge in [-0.25, -0.2) is 0 Å². The summed E-state index contributed by atoms with van der Waals surface area (Å²) < 4.78 is 2.03. The first-order valence-corrected chi connectivity index (χ1v) is 9.60. The van der Waals surface area contributed by atoms with Gasteiger partial charge in [-0.05, 0) is 42.8 Å². The highest BCUT2D eigenvalue weighted by Gasteiger charge is 2.14. The van der Waals surface area contributed by atoms with E-state index >= 15 is 0 Å². The largest absolute Gasteiger partial charge is 0.508 e. The number of para-hydroxylation sites is 1. The van der Waals surface area contributed by atoms with Gasteiger partial charge in [0.2, 0.25) is 5.56 Å². The number of rotatable bonds is 5. The number of fused-ring (bicyclic) bond motifs is 1. The van der Waals surface area contributed by atoms with Crippen molar-refractivity contribution in [3.05, 3.63) is 70.5 Å². The first kappa shape index (κ1) is 17.4. The van der Waals surface area contributed by atoms with E-state index in [1.807, 2.05) is 47.9 Å². The molecule has 0 aliphatic rings. The number of aromatic hydroxyl groups is 1. The van der Waals surface area contributed by atoms with E-state index in [2.05, 4.69) is 15.2 Å². The molecule has 27 heavy (non-hydrogen) atoms. The highest BCUT2D eigenvalue weighted by molar-refractivity contribution is 7.98. The van der Waals surface area contributed by atoms with Crippen molar-refractivity contribution in [2.75, 3.05) is 0 Å². The van der Waals surface area contributed by atoms with Gasteiger partial charge in [0.25, 0.3) is 0 Å². The SMILES string of the molecule is CCn1c(SCc2cc(=O)[nH]c3ccccc23)nnc1-c1ccc(O)cc1. The summed E-state index contributed by atoms with van der Waals surface area (Å²) in [6, 6.07) is 16.4. The molecule has 0 fully saturated rings. The second-order valence-electron chi connectivity index (χ2n) is 6.09. The van der Waals surface area contributed by atoms with E-state index in [4.69, 9.17) is 0 Å². The van der Waals surface area contributed by atoms with Crippen LogP contribution in [0.1, 0.15) is 12.5 Å². The molecule has 0 bridgehead atoms. The van der Waals surface area contributed by atoms with Crippen LogP contribution >= 0.6 is 11.8 Å². The van der Waals surface area contributed by atoms with Crippen LogP contribution in [-0.2, 0) is 12.3 Å². The van der Waals surface area contributed by atoms with Crippen LogP contribution in [0.2, 0.25) is 0 Å². The van der Waals surface area contributed by atoms with Crippen molar-refractivity contribution in [3.8, 4) is 17.1 Å². The molecule has 0 saturated heterocycles. The number of benzene rings is 2. The van der Waals surface area contributed by atoms with Crippen molar-refractivity contribution >= 4 is 22.7 Å². The van der Waals surface area contributed by atoms with Crippen LogP contribution in [0, 0.1) is 0 Å². The Kier molecular flexibility index (Phi) is 4.68. The molecule has 4 rings (SSSR count). The molecular formula is C20H18N4O2S. The third kappa shape index (κ3) is 3.46. The minimum Gasteiger partial charge on any atom is -0.508 e. The van der Waals surface area contributed by atoms with E-state index in [9.17, 15) is 9.90 Å². The zero-order chi connectivity index (χ0) is 18.8. The average molecular weight is 378 g/mol. The van der Waals surface area contributed by atoms with Gasteiger partial charge in [0.1, 0.15) is 5.75 Å². The normalized spacial score (nSPS) is 11.1.